The molecule has 0 unspecified atom stereocenters. The second-order valence-corrected chi connectivity index (χ2v) is 8.09. The van der Waals surface area contributed by atoms with E-state index in [2.05, 4.69) is 26.1 Å². The summed E-state index contributed by atoms with van der Waals surface area (Å²) in [7, 11) is 0. The molecule has 1 aromatic carbocycles. The van der Waals surface area contributed by atoms with Gasteiger partial charge in [-0.2, -0.15) is 0 Å². The van der Waals surface area contributed by atoms with Gasteiger partial charge in [0.1, 0.15) is 0 Å². The Morgan fingerprint density at radius 1 is 1.00 bits per heavy atom. The highest BCUT2D eigenvalue weighted by molar-refractivity contribution is 9.10. The fraction of sp³-hybridized carbons (Fsp3) is 0.200. The molecular weight excluding hydrogens is 442 g/mol. The summed E-state index contributed by atoms with van der Waals surface area (Å²) < 4.78 is 5.78. The number of benzene rings is 1. The first-order valence-corrected chi connectivity index (χ1v) is 10.5. The average Bonchev–Trinajstić information content (AvgIpc) is 3.40. The number of piperazine rings is 1. The number of amides is 2. The quantitative estimate of drug-likeness (QED) is 0.630. The molecule has 6 nitrogen and oxygen atoms in total. The van der Waals surface area contributed by atoms with Gasteiger partial charge in [-0.05, 0) is 63.8 Å². The molecule has 8 heteroatoms. The van der Waals surface area contributed by atoms with Crippen molar-refractivity contribution < 1.29 is 14.0 Å². The molecule has 0 bridgehead atoms. The predicted molar refractivity (Wildman–Crippen MR) is 113 cm³/mol. The Balaban J connectivity index is 1.33. The third-order valence-corrected chi connectivity index (χ3v) is 5.87. The standard InChI is InChI=1S/C20H18BrN3O3S/c21-18-8-7-16(27-18)19(25)22-14-3-5-15(6-4-14)23-9-11-24(12-10-23)20(26)17-2-1-13-28-17/h1-8,13H,9-12H2,(H,22,25). The second-order valence-electron chi connectivity index (χ2n) is 6.36. The van der Waals surface area contributed by atoms with E-state index in [0.717, 1.165) is 23.7 Å². The van der Waals surface area contributed by atoms with E-state index in [4.69, 9.17) is 4.42 Å². The topological polar surface area (TPSA) is 65.8 Å². The molecule has 2 aromatic heterocycles. The van der Waals surface area contributed by atoms with Crippen LogP contribution in [0.1, 0.15) is 20.2 Å². The zero-order valence-corrected chi connectivity index (χ0v) is 17.3. The van der Waals surface area contributed by atoms with E-state index < -0.39 is 0 Å². The van der Waals surface area contributed by atoms with E-state index in [1.54, 1.807) is 12.1 Å². The Morgan fingerprint density at radius 3 is 2.36 bits per heavy atom. The van der Waals surface area contributed by atoms with E-state index in [-0.39, 0.29) is 17.6 Å². The molecule has 28 heavy (non-hydrogen) atoms. The molecule has 0 atom stereocenters. The Morgan fingerprint density at radius 2 is 1.75 bits per heavy atom. The van der Waals surface area contributed by atoms with Crippen molar-refractivity contribution in [1.82, 2.24) is 4.90 Å². The molecule has 1 fully saturated rings. The Bertz CT molecular complexity index is 961. The highest BCUT2D eigenvalue weighted by Gasteiger charge is 2.22. The highest BCUT2D eigenvalue weighted by atomic mass is 79.9. The molecule has 1 N–H and O–H groups in total. The van der Waals surface area contributed by atoms with Crippen molar-refractivity contribution in [3.63, 3.8) is 0 Å². The van der Waals surface area contributed by atoms with Crippen LogP contribution in [0.4, 0.5) is 11.4 Å². The minimum atomic E-state index is -0.292. The van der Waals surface area contributed by atoms with E-state index in [0.29, 0.717) is 23.4 Å². The summed E-state index contributed by atoms with van der Waals surface area (Å²) in [5.41, 5.74) is 1.77. The van der Waals surface area contributed by atoms with Crippen molar-refractivity contribution in [1.29, 1.82) is 0 Å². The Labute approximate surface area is 174 Å². The van der Waals surface area contributed by atoms with Gasteiger partial charge in [-0.1, -0.05) is 6.07 Å². The lowest BCUT2D eigenvalue weighted by atomic mass is 10.2. The number of anilines is 2. The number of halogens is 1. The lowest BCUT2D eigenvalue weighted by molar-refractivity contribution is 0.0751. The van der Waals surface area contributed by atoms with Gasteiger partial charge < -0.3 is 19.5 Å². The number of carbonyl (C=O) groups excluding carboxylic acids is 2. The first kappa shape index (κ1) is 18.8. The minimum absolute atomic E-state index is 0.109. The van der Waals surface area contributed by atoms with Gasteiger partial charge in [-0.15, -0.1) is 11.3 Å². The molecule has 3 heterocycles. The number of hydrogen-bond donors (Lipinski definition) is 1. The zero-order valence-electron chi connectivity index (χ0n) is 14.9. The monoisotopic (exact) mass is 459 g/mol. The molecule has 0 saturated carbocycles. The maximum atomic E-state index is 12.4. The third kappa shape index (κ3) is 4.13. The normalized spacial score (nSPS) is 14.2. The molecule has 3 aromatic rings. The lowest BCUT2D eigenvalue weighted by Gasteiger charge is -2.36. The molecule has 144 valence electrons. The summed E-state index contributed by atoms with van der Waals surface area (Å²) >= 11 is 4.67. The molecule has 4 rings (SSSR count). The summed E-state index contributed by atoms with van der Waals surface area (Å²) in [5.74, 6) is 0.0684. The molecule has 0 aliphatic carbocycles. The molecule has 1 saturated heterocycles. The largest absolute Gasteiger partial charge is 0.444 e. The minimum Gasteiger partial charge on any atom is -0.444 e. The number of nitrogens with zero attached hydrogens (tertiary/aromatic N) is 2. The van der Waals surface area contributed by atoms with Gasteiger partial charge in [0.25, 0.3) is 11.8 Å². The van der Waals surface area contributed by atoms with Gasteiger partial charge in [0.15, 0.2) is 10.4 Å². The summed E-state index contributed by atoms with van der Waals surface area (Å²) in [5, 5.41) is 4.74. The SMILES string of the molecule is O=C(Nc1ccc(N2CCN(C(=O)c3cccs3)CC2)cc1)c1ccc(Br)o1. The molecule has 0 radical (unpaired) electrons. The number of thiophene rings is 1. The van der Waals surface area contributed by atoms with Crippen LogP contribution in [0.2, 0.25) is 0 Å². The van der Waals surface area contributed by atoms with Crippen molar-refractivity contribution in [2.24, 2.45) is 0 Å². The zero-order chi connectivity index (χ0) is 19.5. The molecule has 0 spiro atoms. The van der Waals surface area contributed by atoms with Gasteiger partial charge in [0, 0.05) is 37.6 Å². The van der Waals surface area contributed by atoms with Crippen LogP contribution >= 0.6 is 27.3 Å². The molecule has 1 aliphatic rings. The predicted octanol–water partition coefficient (Wildman–Crippen LogP) is 4.32. The van der Waals surface area contributed by atoms with E-state index in [1.165, 1.54) is 11.3 Å². The Kier molecular flexibility index (Phi) is 5.50. The van der Waals surface area contributed by atoms with Gasteiger partial charge in [0.2, 0.25) is 0 Å². The smallest absolute Gasteiger partial charge is 0.291 e. The second kappa shape index (κ2) is 8.20. The van der Waals surface area contributed by atoms with Crippen molar-refractivity contribution in [3.8, 4) is 0 Å². The summed E-state index contributed by atoms with van der Waals surface area (Å²) in [6.07, 6.45) is 0. The van der Waals surface area contributed by atoms with Crippen molar-refractivity contribution in [2.75, 3.05) is 36.4 Å². The first-order valence-electron chi connectivity index (χ1n) is 8.84. The van der Waals surface area contributed by atoms with Crippen molar-refractivity contribution >= 4 is 50.5 Å². The molecular formula is C20H18BrN3O3S. The molecule has 1 aliphatic heterocycles. The van der Waals surface area contributed by atoms with Crippen LogP contribution in [-0.4, -0.2) is 42.9 Å². The van der Waals surface area contributed by atoms with Crippen LogP contribution in [-0.2, 0) is 0 Å². The molecule has 2 amide bonds. The number of furan rings is 1. The first-order chi connectivity index (χ1) is 13.6. The lowest BCUT2D eigenvalue weighted by Crippen LogP contribution is -2.48. The van der Waals surface area contributed by atoms with Gasteiger partial charge in [-0.25, -0.2) is 0 Å². The van der Waals surface area contributed by atoms with Crippen LogP contribution in [0, 0.1) is 0 Å². The number of nitrogens with one attached hydrogen (secondary N) is 1. The van der Waals surface area contributed by atoms with Crippen LogP contribution < -0.4 is 10.2 Å². The van der Waals surface area contributed by atoms with Gasteiger partial charge in [0.05, 0.1) is 4.88 Å². The summed E-state index contributed by atoms with van der Waals surface area (Å²) in [6.45, 7) is 2.96. The van der Waals surface area contributed by atoms with Gasteiger partial charge in [-0.3, -0.25) is 9.59 Å². The van der Waals surface area contributed by atoms with E-state index >= 15 is 0 Å². The van der Waals surface area contributed by atoms with Crippen LogP contribution in [0.15, 0.2) is 63.0 Å². The summed E-state index contributed by atoms with van der Waals surface area (Å²) in [4.78, 5) is 29.5. The fourth-order valence-corrected chi connectivity index (χ4v) is 4.11. The van der Waals surface area contributed by atoms with E-state index in [9.17, 15) is 9.59 Å². The van der Waals surface area contributed by atoms with Crippen LogP contribution in [0.25, 0.3) is 0 Å². The van der Waals surface area contributed by atoms with E-state index in [1.807, 2.05) is 46.7 Å². The van der Waals surface area contributed by atoms with Crippen molar-refractivity contribution in [2.45, 2.75) is 0 Å². The summed E-state index contributed by atoms with van der Waals surface area (Å²) in [6, 6.07) is 14.8. The fourth-order valence-electron chi connectivity index (χ4n) is 3.11. The average molecular weight is 460 g/mol. The van der Waals surface area contributed by atoms with Crippen molar-refractivity contribution in [3.05, 3.63) is 69.2 Å². The number of hydrogen-bond acceptors (Lipinski definition) is 5. The maximum Gasteiger partial charge on any atom is 0.291 e. The number of rotatable bonds is 4. The maximum absolute atomic E-state index is 12.4. The Hall–Kier alpha value is -2.58. The van der Waals surface area contributed by atoms with Crippen LogP contribution in [0.3, 0.4) is 0 Å². The highest BCUT2D eigenvalue weighted by Crippen LogP contribution is 2.22. The third-order valence-electron chi connectivity index (χ3n) is 4.59. The van der Waals surface area contributed by atoms with Gasteiger partial charge >= 0.3 is 0 Å². The number of carbonyl (C=O) groups is 2. The van der Waals surface area contributed by atoms with Crippen LogP contribution in [0.5, 0.6) is 0 Å².